The number of hydrogen-bond acceptors (Lipinski definition) is 4. The van der Waals surface area contributed by atoms with Crippen LogP contribution in [-0.2, 0) is 19.1 Å². The van der Waals surface area contributed by atoms with Crippen LogP contribution in [0.4, 0.5) is 0 Å². The highest BCUT2D eigenvalue weighted by Gasteiger charge is 2.36. The van der Waals surface area contributed by atoms with Crippen molar-refractivity contribution in [2.45, 2.75) is 31.7 Å². The first-order chi connectivity index (χ1) is 8.63. The van der Waals surface area contributed by atoms with E-state index in [1.165, 1.54) is 12.0 Å². The second-order valence-electron chi connectivity index (χ2n) is 4.69. The summed E-state index contributed by atoms with van der Waals surface area (Å²) in [6.45, 7) is 1.30. The maximum absolute atomic E-state index is 12.1. The Bertz CT molecular complexity index is 369. The summed E-state index contributed by atoms with van der Waals surface area (Å²) in [6, 6.07) is -0.472. The van der Waals surface area contributed by atoms with Gasteiger partial charge in [-0.2, -0.15) is 0 Å². The standard InChI is InChI=1S/C12H18N2O4/c1-18-12(17)9-4-2-7-14(9)11(16)8-13-6-3-5-10(13)15/h9H,2-8H2,1H3/t9-/m0/s1. The van der Waals surface area contributed by atoms with Crippen molar-refractivity contribution in [3.05, 3.63) is 0 Å². The molecule has 2 rings (SSSR count). The molecule has 2 fully saturated rings. The number of methoxy groups -OCH3 is 1. The lowest BCUT2D eigenvalue weighted by Gasteiger charge is -2.25. The average Bonchev–Trinajstić information content (AvgIpc) is 2.98. The minimum Gasteiger partial charge on any atom is -0.467 e. The predicted molar refractivity (Wildman–Crippen MR) is 62.6 cm³/mol. The van der Waals surface area contributed by atoms with E-state index in [1.54, 1.807) is 4.90 Å². The number of carbonyl (C=O) groups is 3. The number of likely N-dealkylation sites (tertiary alicyclic amines) is 2. The number of hydrogen-bond donors (Lipinski definition) is 0. The zero-order chi connectivity index (χ0) is 13.1. The Hall–Kier alpha value is -1.59. The minimum absolute atomic E-state index is 0.0252. The van der Waals surface area contributed by atoms with Gasteiger partial charge >= 0.3 is 5.97 Å². The van der Waals surface area contributed by atoms with Gasteiger partial charge in [-0.25, -0.2) is 4.79 Å². The molecular formula is C12H18N2O4. The molecule has 0 aliphatic carbocycles. The summed E-state index contributed by atoms with van der Waals surface area (Å²) in [5.41, 5.74) is 0. The smallest absolute Gasteiger partial charge is 0.328 e. The van der Waals surface area contributed by atoms with Crippen LogP contribution in [-0.4, -0.2) is 60.4 Å². The van der Waals surface area contributed by atoms with Crippen molar-refractivity contribution in [3.8, 4) is 0 Å². The summed E-state index contributed by atoms with van der Waals surface area (Å²) in [6.07, 6.45) is 2.78. The first-order valence-electron chi connectivity index (χ1n) is 6.28. The van der Waals surface area contributed by atoms with Gasteiger partial charge in [0.25, 0.3) is 0 Å². The van der Waals surface area contributed by atoms with E-state index >= 15 is 0 Å². The van der Waals surface area contributed by atoms with Gasteiger partial charge in [-0.3, -0.25) is 9.59 Å². The third-order valence-corrected chi connectivity index (χ3v) is 3.54. The molecule has 0 aromatic carbocycles. The van der Waals surface area contributed by atoms with Crippen LogP contribution in [0.25, 0.3) is 0 Å². The van der Waals surface area contributed by atoms with Crippen molar-refractivity contribution in [1.82, 2.24) is 9.80 Å². The van der Waals surface area contributed by atoms with Crippen molar-refractivity contribution in [1.29, 1.82) is 0 Å². The van der Waals surface area contributed by atoms with Crippen LogP contribution in [0.2, 0.25) is 0 Å². The van der Waals surface area contributed by atoms with Gasteiger partial charge in [0.05, 0.1) is 13.7 Å². The molecule has 0 aromatic heterocycles. The van der Waals surface area contributed by atoms with Crippen LogP contribution in [0.15, 0.2) is 0 Å². The Kier molecular flexibility index (Phi) is 3.84. The third-order valence-electron chi connectivity index (χ3n) is 3.54. The van der Waals surface area contributed by atoms with Crippen molar-refractivity contribution >= 4 is 17.8 Å². The van der Waals surface area contributed by atoms with Crippen molar-refractivity contribution in [2.24, 2.45) is 0 Å². The highest BCUT2D eigenvalue weighted by molar-refractivity contribution is 5.89. The lowest BCUT2D eigenvalue weighted by molar-refractivity contribution is -0.151. The van der Waals surface area contributed by atoms with Crippen LogP contribution < -0.4 is 0 Å². The van der Waals surface area contributed by atoms with Crippen LogP contribution >= 0.6 is 0 Å². The first-order valence-corrected chi connectivity index (χ1v) is 6.28. The molecule has 0 unspecified atom stereocenters. The van der Waals surface area contributed by atoms with Crippen LogP contribution in [0.5, 0.6) is 0 Å². The molecule has 0 aromatic rings. The van der Waals surface area contributed by atoms with E-state index in [0.717, 1.165) is 12.8 Å². The Balaban J connectivity index is 1.95. The predicted octanol–water partition coefficient (Wildman–Crippen LogP) is -0.227. The molecule has 100 valence electrons. The van der Waals surface area contributed by atoms with Crippen molar-refractivity contribution in [2.75, 3.05) is 26.7 Å². The molecule has 18 heavy (non-hydrogen) atoms. The van der Waals surface area contributed by atoms with E-state index in [1.807, 2.05) is 0 Å². The van der Waals surface area contributed by atoms with Gasteiger partial charge in [0.15, 0.2) is 0 Å². The van der Waals surface area contributed by atoms with E-state index in [-0.39, 0.29) is 24.3 Å². The molecule has 6 heteroatoms. The second kappa shape index (κ2) is 5.37. The Morgan fingerprint density at radius 1 is 1.33 bits per heavy atom. The number of carbonyl (C=O) groups excluding carboxylic acids is 3. The molecule has 6 nitrogen and oxygen atoms in total. The monoisotopic (exact) mass is 254 g/mol. The molecule has 2 aliphatic heterocycles. The van der Waals surface area contributed by atoms with Gasteiger partial charge in [-0.05, 0) is 19.3 Å². The number of esters is 1. The first kappa shape index (κ1) is 12.9. The lowest BCUT2D eigenvalue weighted by Crippen LogP contribution is -2.46. The zero-order valence-electron chi connectivity index (χ0n) is 10.6. The summed E-state index contributed by atoms with van der Waals surface area (Å²) in [7, 11) is 1.33. The highest BCUT2D eigenvalue weighted by Crippen LogP contribution is 2.19. The molecule has 0 N–H and O–H groups in total. The molecule has 2 amide bonds. The van der Waals surface area contributed by atoms with E-state index < -0.39 is 6.04 Å². The fraction of sp³-hybridized carbons (Fsp3) is 0.750. The number of nitrogens with zero attached hydrogens (tertiary/aromatic N) is 2. The number of amides is 2. The molecule has 2 saturated heterocycles. The Morgan fingerprint density at radius 3 is 2.72 bits per heavy atom. The molecule has 0 bridgehead atoms. The SMILES string of the molecule is COC(=O)[C@@H]1CCCN1C(=O)CN1CCCC1=O. The van der Waals surface area contributed by atoms with E-state index in [0.29, 0.717) is 25.9 Å². The fourth-order valence-electron chi connectivity index (χ4n) is 2.57. The number of ether oxygens (including phenoxy) is 1. The van der Waals surface area contributed by atoms with Crippen LogP contribution in [0, 0.1) is 0 Å². The van der Waals surface area contributed by atoms with Crippen molar-refractivity contribution < 1.29 is 19.1 Å². The highest BCUT2D eigenvalue weighted by atomic mass is 16.5. The summed E-state index contributed by atoms with van der Waals surface area (Å²) in [5, 5.41) is 0. The lowest BCUT2D eigenvalue weighted by atomic mass is 10.2. The maximum Gasteiger partial charge on any atom is 0.328 e. The molecular weight excluding hydrogens is 236 g/mol. The molecule has 0 spiro atoms. The summed E-state index contributed by atoms with van der Waals surface area (Å²) in [4.78, 5) is 38.2. The van der Waals surface area contributed by atoms with Gasteiger partial charge in [0, 0.05) is 19.5 Å². The van der Waals surface area contributed by atoms with E-state index in [9.17, 15) is 14.4 Å². The largest absolute Gasteiger partial charge is 0.467 e. The van der Waals surface area contributed by atoms with E-state index in [4.69, 9.17) is 4.74 Å². The molecule has 2 heterocycles. The van der Waals surface area contributed by atoms with Crippen LogP contribution in [0.3, 0.4) is 0 Å². The number of rotatable bonds is 3. The normalized spacial score (nSPS) is 23.6. The van der Waals surface area contributed by atoms with Gasteiger partial charge in [-0.1, -0.05) is 0 Å². The Labute approximate surface area is 106 Å². The summed E-state index contributed by atoms with van der Waals surface area (Å²) < 4.78 is 4.69. The minimum atomic E-state index is -0.472. The third kappa shape index (κ3) is 2.47. The fourth-order valence-corrected chi connectivity index (χ4v) is 2.57. The topological polar surface area (TPSA) is 66.9 Å². The maximum atomic E-state index is 12.1. The molecule has 1 atom stereocenters. The van der Waals surface area contributed by atoms with E-state index in [2.05, 4.69) is 0 Å². The average molecular weight is 254 g/mol. The Morgan fingerprint density at radius 2 is 2.11 bits per heavy atom. The molecule has 0 radical (unpaired) electrons. The van der Waals surface area contributed by atoms with Gasteiger partial charge in [-0.15, -0.1) is 0 Å². The summed E-state index contributed by atoms with van der Waals surface area (Å²) in [5.74, 6) is -0.496. The summed E-state index contributed by atoms with van der Waals surface area (Å²) >= 11 is 0. The van der Waals surface area contributed by atoms with Crippen LogP contribution in [0.1, 0.15) is 25.7 Å². The van der Waals surface area contributed by atoms with Gasteiger partial charge in [0.1, 0.15) is 6.04 Å². The zero-order valence-corrected chi connectivity index (χ0v) is 10.6. The second-order valence-corrected chi connectivity index (χ2v) is 4.69. The molecule has 0 saturated carbocycles. The quantitative estimate of drug-likeness (QED) is 0.653. The molecule has 2 aliphatic rings. The van der Waals surface area contributed by atoms with Crippen molar-refractivity contribution in [3.63, 3.8) is 0 Å². The van der Waals surface area contributed by atoms with Gasteiger partial charge in [0.2, 0.25) is 11.8 Å². The van der Waals surface area contributed by atoms with Gasteiger partial charge < -0.3 is 14.5 Å².